The Morgan fingerprint density at radius 2 is 2.18 bits per heavy atom. The van der Waals surface area contributed by atoms with E-state index >= 15 is 0 Å². The highest BCUT2D eigenvalue weighted by molar-refractivity contribution is 9.10. The highest BCUT2D eigenvalue weighted by Gasteiger charge is 2.14. The molecule has 1 unspecified atom stereocenters. The second-order valence-electron chi connectivity index (χ2n) is 3.97. The van der Waals surface area contributed by atoms with Crippen molar-refractivity contribution < 1.29 is 8.42 Å². The first-order valence-corrected chi connectivity index (χ1v) is 8.29. The summed E-state index contributed by atoms with van der Waals surface area (Å²) < 4.78 is 23.3. The number of nitrogens with zero attached hydrogens (tertiary/aromatic N) is 1. The molecular formula is C11H17BrN2O2S. The zero-order valence-electron chi connectivity index (χ0n) is 9.98. The summed E-state index contributed by atoms with van der Waals surface area (Å²) in [7, 11) is -2.93. The third-order valence-electron chi connectivity index (χ3n) is 2.36. The van der Waals surface area contributed by atoms with Crippen LogP contribution in [0.5, 0.6) is 0 Å². The predicted octanol–water partition coefficient (Wildman–Crippen LogP) is 1.93. The standard InChI is InChI=1S/C11H17BrN2O2S/c1-3-14-11(4-5-17(2,15)16)9-6-10(12)8-13-7-9/h6-8,11,14H,3-5H2,1-2H3. The van der Waals surface area contributed by atoms with E-state index in [-0.39, 0.29) is 11.8 Å². The molecule has 0 aliphatic rings. The molecule has 0 aliphatic carbocycles. The van der Waals surface area contributed by atoms with E-state index in [4.69, 9.17) is 0 Å². The van der Waals surface area contributed by atoms with Gasteiger partial charge in [0.15, 0.2) is 0 Å². The van der Waals surface area contributed by atoms with Crippen LogP contribution in [0.15, 0.2) is 22.9 Å². The molecule has 17 heavy (non-hydrogen) atoms. The molecule has 0 saturated carbocycles. The van der Waals surface area contributed by atoms with E-state index in [0.717, 1.165) is 16.6 Å². The molecule has 0 fully saturated rings. The van der Waals surface area contributed by atoms with Crippen molar-refractivity contribution in [2.75, 3.05) is 18.6 Å². The summed E-state index contributed by atoms with van der Waals surface area (Å²) in [5.41, 5.74) is 1.00. The number of rotatable bonds is 6. The summed E-state index contributed by atoms with van der Waals surface area (Å²) >= 11 is 3.36. The Balaban J connectivity index is 2.78. The normalized spacial score (nSPS) is 13.6. The van der Waals surface area contributed by atoms with Crippen LogP contribution in [0.4, 0.5) is 0 Å². The summed E-state index contributed by atoms with van der Waals surface area (Å²) in [6.07, 6.45) is 5.30. The fourth-order valence-corrected chi connectivity index (χ4v) is 2.63. The van der Waals surface area contributed by atoms with E-state index in [1.54, 1.807) is 12.4 Å². The van der Waals surface area contributed by atoms with Crippen LogP contribution in [0.1, 0.15) is 24.9 Å². The van der Waals surface area contributed by atoms with Crippen LogP contribution in [-0.4, -0.2) is 32.0 Å². The molecule has 4 nitrogen and oxygen atoms in total. The summed E-state index contributed by atoms with van der Waals surface area (Å²) in [5, 5.41) is 3.27. The van der Waals surface area contributed by atoms with E-state index in [2.05, 4.69) is 26.2 Å². The van der Waals surface area contributed by atoms with Crippen LogP contribution in [0, 0.1) is 0 Å². The van der Waals surface area contributed by atoms with Crippen molar-refractivity contribution in [2.45, 2.75) is 19.4 Å². The predicted molar refractivity (Wildman–Crippen MR) is 72.7 cm³/mol. The van der Waals surface area contributed by atoms with Gasteiger partial charge in [-0.3, -0.25) is 4.98 Å². The molecule has 1 rings (SSSR count). The number of sulfone groups is 1. The van der Waals surface area contributed by atoms with E-state index in [1.807, 2.05) is 13.0 Å². The van der Waals surface area contributed by atoms with Gasteiger partial charge in [0, 0.05) is 29.2 Å². The number of hydrogen-bond donors (Lipinski definition) is 1. The maximum Gasteiger partial charge on any atom is 0.147 e. The van der Waals surface area contributed by atoms with E-state index in [9.17, 15) is 8.42 Å². The van der Waals surface area contributed by atoms with Crippen molar-refractivity contribution in [3.63, 3.8) is 0 Å². The molecule has 0 amide bonds. The van der Waals surface area contributed by atoms with Gasteiger partial charge in [-0.2, -0.15) is 0 Å². The topological polar surface area (TPSA) is 59.1 Å². The Labute approximate surface area is 111 Å². The van der Waals surface area contributed by atoms with Crippen molar-refractivity contribution in [1.82, 2.24) is 10.3 Å². The Hall–Kier alpha value is -0.460. The van der Waals surface area contributed by atoms with Crippen molar-refractivity contribution >= 4 is 25.8 Å². The highest BCUT2D eigenvalue weighted by atomic mass is 79.9. The number of pyridine rings is 1. The van der Waals surface area contributed by atoms with E-state index < -0.39 is 9.84 Å². The van der Waals surface area contributed by atoms with Crippen LogP contribution in [0.2, 0.25) is 0 Å². The van der Waals surface area contributed by atoms with Crippen LogP contribution in [-0.2, 0) is 9.84 Å². The third kappa shape index (κ3) is 5.61. The van der Waals surface area contributed by atoms with Crippen molar-refractivity contribution in [2.24, 2.45) is 0 Å². The molecular weight excluding hydrogens is 304 g/mol. The van der Waals surface area contributed by atoms with Crippen molar-refractivity contribution in [3.8, 4) is 0 Å². The molecule has 0 aliphatic heterocycles. The second-order valence-corrected chi connectivity index (χ2v) is 7.14. The summed E-state index contributed by atoms with van der Waals surface area (Å²) in [6, 6.07) is 1.99. The fourth-order valence-electron chi connectivity index (χ4n) is 1.58. The molecule has 1 heterocycles. The van der Waals surface area contributed by atoms with Gasteiger partial charge in [0.25, 0.3) is 0 Å². The van der Waals surface area contributed by atoms with Gasteiger partial charge >= 0.3 is 0 Å². The zero-order chi connectivity index (χ0) is 12.9. The van der Waals surface area contributed by atoms with Gasteiger partial charge in [-0.25, -0.2) is 8.42 Å². The summed E-state index contributed by atoms with van der Waals surface area (Å²) in [6.45, 7) is 2.79. The monoisotopic (exact) mass is 320 g/mol. The van der Waals surface area contributed by atoms with E-state index in [1.165, 1.54) is 6.26 Å². The van der Waals surface area contributed by atoms with Gasteiger partial charge < -0.3 is 5.32 Å². The van der Waals surface area contributed by atoms with Crippen LogP contribution >= 0.6 is 15.9 Å². The van der Waals surface area contributed by atoms with Gasteiger partial charge in [0.2, 0.25) is 0 Å². The molecule has 1 aromatic heterocycles. The first-order valence-electron chi connectivity index (χ1n) is 5.44. The molecule has 0 aromatic carbocycles. The minimum atomic E-state index is -2.93. The Bertz CT molecular complexity index is 462. The SMILES string of the molecule is CCNC(CCS(C)(=O)=O)c1cncc(Br)c1. The van der Waals surface area contributed by atoms with Gasteiger partial charge in [0.1, 0.15) is 9.84 Å². The second kappa shape index (κ2) is 6.47. The van der Waals surface area contributed by atoms with E-state index in [0.29, 0.717) is 6.42 Å². The summed E-state index contributed by atoms with van der Waals surface area (Å²) in [4.78, 5) is 4.10. The van der Waals surface area contributed by atoms with Crippen LogP contribution < -0.4 is 5.32 Å². The minimum Gasteiger partial charge on any atom is -0.310 e. The molecule has 1 atom stereocenters. The van der Waals surface area contributed by atoms with Gasteiger partial charge in [-0.15, -0.1) is 0 Å². The lowest BCUT2D eigenvalue weighted by Gasteiger charge is -2.17. The average molecular weight is 321 g/mol. The smallest absolute Gasteiger partial charge is 0.147 e. The fraction of sp³-hybridized carbons (Fsp3) is 0.545. The number of hydrogen-bond acceptors (Lipinski definition) is 4. The molecule has 1 aromatic rings. The zero-order valence-corrected chi connectivity index (χ0v) is 12.4. The summed E-state index contributed by atoms with van der Waals surface area (Å²) in [5.74, 6) is 0.178. The van der Waals surface area contributed by atoms with Crippen LogP contribution in [0.3, 0.4) is 0 Å². The molecule has 1 N–H and O–H groups in total. The molecule has 0 saturated heterocycles. The Morgan fingerprint density at radius 3 is 2.71 bits per heavy atom. The Morgan fingerprint density at radius 1 is 1.47 bits per heavy atom. The Kier molecular flexibility index (Phi) is 5.55. The largest absolute Gasteiger partial charge is 0.310 e. The number of nitrogens with one attached hydrogen (secondary N) is 1. The van der Waals surface area contributed by atoms with Gasteiger partial charge in [-0.05, 0) is 40.5 Å². The maximum absolute atomic E-state index is 11.2. The lowest BCUT2D eigenvalue weighted by molar-refractivity contribution is 0.528. The average Bonchev–Trinajstić information content (AvgIpc) is 2.23. The number of halogens is 1. The van der Waals surface area contributed by atoms with Gasteiger partial charge in [-0.1, -0.05) is 6.92 Å². The molecule has 6 heteroatoms. The first-order chi connectivity index (χ1) is 7.92. The first kappa shape index (κ1) is 14.6. The molecule has 0 bridgehead atoms. The van der Waals surface area contributed by atoms with Crippen molar-refractivity contribution in [1.29, 1.82) is 0 Å². The maximum atomic E-state index is 11.2. The molecule has 0 radical (unpaired) electrons. The molecule has 96 valence electrons. The minimum absolute atomic E-state index is 0.0275. The quantitative estimate of drug-likeness (QED) is 0.870. The number of aromatic nitrogens is 1. The lowest BCUT2D eigenvalue weighted by atomic mass is 10.1. The lowest BCUT2D eigenvalue weighted by Crippen LogP contribution is -2.23. The third-order valence-corrected chi connectivity index (χ3v) is 3.77. The van der Waals surface area contributed by atoms with Crippen molar-refractivity contribution in [3.05, 3.63) is 28.5 Å². The van der Waals surface area contributed by atoms with Crippen LogP contribution in [0.25, 0.3) is 0 Å². The van der Waals surface area contributed by atoms with Gasteiger partial charge in [0.05, 0.1) is 5.75 Å². The molecule has 0 spiro atoms. The highest BCUT2D eigenvalue weighted by Crippen LogP contribution is 2.20.